The maximum atomic E-state index is 12.8. The third kappa shape index (κ3) is 59.0. The number of nitrogens with zero attached hydrogens (tertiary/aromatic N) is 1. The highest BCUT2D eigenvalue weighted by Gasteiger charge is 2.20. The Morgan fingerprint density at radius 1 is 0.451 bits per heavy atom. The van der Waals surface area contributed by atoms with E-state index in [9.17, 15) is 14.3 Å². The molecule has 0 amide bonds. The first kappa shape index (κ1) is 69.2. The summed E-state index contributed by atoms with van der Waals surface area (Å²) in [6.07, 6.45) is 71.3. The van der Waals surface area contributed by atoms with E-state index < -0.39 is 13.9 Å². The fraction of sp³-hybridized carbons (Fsp3) is 0.823. The molecule has 0 N–H and O–H groups in total. The van der Waals surface area contributed by atoms with Crippen molar-refractivity contribution in [2.75, 3.05) is 54.1 Å². The summed E-state index contributed by atoms with van der Waals surface area (Å²) in [6, 6.07) is 0. The zero-order valence-electron chi connectivity index (χ0n) is 47.4. The molecule has 71 heavy (non-hydrogen) atoms. The predicted molar refractivity (Wildman–Crippen MR) is 305 cm³/mol. The first-order valence-electron chi connectivity index (χ1n) is 30.0. The maximum Gasteiger partial charge on any atom is 0.306 e. The van der Waals surface area contributed by atoms with Crippen LogP contribution in [0.15, 0.2) is 60.8 Å². The number of esters is 1. The molecule has 0 saturated heterocycles. The lowest BCUT2D eigenvalue weighted by Gasteiger charge is -2.28. The van der Waals surface area contributed by atoms with Crippen LogP contribution in [-0.2, 0) is 27.9 Å². The van der Waals surface area contributed by atoms with E-state index in [4.69, 9.17) is 18.5 Å². The van der Waals surface area contributed by atoms with Gasteiger partial charge in [0.1, 0.15) is 19.3 Å². The Hall–Kier alpha value is -1.80. The van der Waals surface area contributed by atoms with Gasteiger partial charge in [0, 0.05) is 13.0 Å². The van der Waals surface area contributed by atoms with Crippen LogP contribution in [-0.4, -0.2) is 70.7 Å². The molecule has 0 heterocycles. The van der Waals surface area contributed by atoms with Gasteiger partial charge in [0.25, 0.3) is 7.82 Å². The summed E-state index contributed by atoms with van der Waals surface area (Å²) in [4.78, 5) is 25.3. The van der Waals surface area contributed by atoms with Crippen LogP contribution >= 0.6 is 7.82 Å². The molecule has 0 spiro atoms. The van der Waals surface area contributed by atoms with Crippen molar-refractivity contribution in [3.63, 3.8) is 0 Å². The molecule has 0 radical (unpaired) electrons. The smallest absolute Gasteiger partial charge is 0.306 e. The van der Waals surface area contributed by atoms with Crippen LogP contribution in [0.1, 0.15) is 271 Å². The van der Waals surface area contributed by atoms with Crippen LogP contribution < -0.4 is 4.89 Å². The minimum atomic E-state index is -4.54. The molecule has 2 atom stereocenters. The van der Waals surface area contributed by atoms with Crippen molar-refractivity contribution in [1.82, 2.24) is 0 Å². The highest BCUT2D eigenvalue weighted by Crippen LogP contribution is 2.38. The maximum absolute atomic E-state index is 12.8. The molecular formula is C62H116NO7P. The number of phosphoric acid groups is 1. The lowest BCUT2D eigenvalue weighted by Crippen LogP contribution is -2.37. The monoisotopic (exact) mass is 1020 g/mol. The Kier molecular flexibility index (Phi) is 53.1. The van der Waals surface area contributed by atoms with Gasteiger partial charge >= 0.3 is 5.97 Å². The van der Waals surface area contributed by atoms with Crippen molar-refractivity contribution in [2.45, 2.75) is 277 Å². The van der Waals surface area contributed by atoms with Gasteiger partial charge in [0.05, 0.1) is 34.4 Å². The summed E-state index contributed by atoms with van der Waals surface area (Å²) < 4.78 is 34.9. The van der Waals surface area contributed by atoms with Crippen LogP contribution in [0.4, 0.5) is 0 Å². The molecule has 416 valence electrons. The van der Waals surface area contributed by atoms with E-state index in [0.717, 1.165) is 70.6 Å². The van der Waals surface area contributed by atoms with Crippen molar-refractivity contribution < 1.29 is 37.3 Å². The van der Waals surface area contributed by atoms with Gasteiger partial charge in [0.2, 0.25) is 0 Å². The summed E-state index contributed by atoms with van der Waals surface area (Å²) in [5.41, 5.74) is 0. The summed E-state index contributed by atoms with van der Waals surface area (Å²) in [5, 5.41) is 0. The van der Waals surface area contributed by atoms with E-state index in [2.05, 4.69) is 74.6 Å². The van der Waals surface area contributed by atoms with Gasteiger partial charge in [-0.1, -0.05) is 267 Å². The largest absolute Gasteiger partial charge is 0.756 e. The Labute approximate surface area is 440 Å². The Morgan fingerprint density at radius 2 is 0.817 bits per heavy atom. The van der Waals surface area contributed by atoms with Crippen molar-refractivity contribution in [3.05, 3.63) is 60.8 Å². The van der Waals surface area contributed by atoms with E-state index >= 15 is 0 Å². The zero-order chi connectivity index (χ0) is 51.9. The van der Waals surface area contributed by atoms with E-state index in [-0.39, 0.29) is 25.8 Å². The third-order valence-corrected chi connectivity index (χ3v) is 14.0. The predicted octanol–water partition coefficient (Wildman–Crippen LogP) is 18.5. The van der Waals surface area contributed by atoms with Crippen LogP contribution in [0.2, 0.25) is 0 Å². The number of quaternary nitrogens is 1. The highest BCUT2D eigenvalue weighted by atomic mass is 31.2. The molecule has 0 fully saturated rings. The standard InChI is InChI=1S/C62H116NO7P/c1-6-8-10-12-14-16-18-20-22-24-26-28-30-32-33-35-37-39-41-43-45-47-49-51-53-55-62(64)70-61(60-69-71(65,66)68-58-56-63(3,4)5)59-67-57-54-52-50-48-46-44-42-40-38-36-34-31-29-27-25-23-21-19-17-15-13-11-9-7-2/h9,11,15,17,21,23,27,29,34,36,61H,6-8,10,12-14,16,18-20,22,24-26,28,30-33,35,37-60H2,1-5H3/b11-9-,17-15-,23-21-,29-27-,36-34-. The lowest BCUT2D eigenvalue weighted by atomic mass is 10.0. The molecule has 0 aliphatic rings. The molecule has 2 unspecified atom stereocenters. The molecule has 0 aromatic carbocycles. The van der Waals surface area contributed by atoms with Crippen molar-refractivity contribution >= 4 is 13.8 Å². The van der Waals surface area contributed by atoms with Crippen LogP contribution in [0.3, 0.4) is 0 Å². The van der Waals surface area contributed by atoms with Gasteiger partial charge in [-0.15, -0.1) is 0 Å². The number of carbonyl (C=O) groups excluding carboxylic acids is 1. The van der Waals surface area contributed by atoms with Gasteiger partial charge in [-0.3, -0.25) is 9.36 Å². The Morgan fingerprint density at radius 3 is 1.23 bits per heavy atom. The zero-order valence-corrected chi connectivity index (χ0v) is 48.3. The second kappa shape index (κ2) is 54.5. The molecule has 0 aliphatic heterocycles. The second-order valence-corrected chi connectivity index (χ2v) is 22.7. The number of hydrogen-bond donors (Lipinski definition) is 0. The molecular weight excluding hydrogens is 902 g/mol. The number of hydrogen-bond acceptors (Lipinski definition) is 7. The fourth-order valence-electron chi connectivity index (χ4n) is 8.52. The van der Waals surface area contributed by atoms with E-state index in [1.165, 1.54) is 180 Å². The molecule has 0 bridgehead atoms. The highest BCUT2D eigenvalue weighted by molar-refractivity contribution is 7.45. The topological polar surface area (TPSA) is 94.1 Å². The van der Waals surface area contributed by atoms with Crippen molar-refractivity contribution in [2.24, 2.45) is 0 Å². The molecule has 0 aliphatic carbocycles. The van der Waals surface area contributed by atoms with Gasteiger partial charge in [-0.05, 0) is 57.8 Å². The summed E-state index contributed by atoms with van der Waals surface area (Å²) in [7, 11) is 1.36. The number of rotatable bonds is 56. The van der Waals surface area contributed by atoms with Gasteiger partial charge in [-0.2, -0.15) is 0 Å². The average Bonchev–Trinajstić information content (AvgIpc) is 3.33. The van der Waals surface area contributed by atoms with Crippen LogP contribution in [0, 0.1) is 0 Å². The Balaban J connectivity index is 4.05. The average molecular weight is 1020 g/mol. The molecule has 0 aromatic heterocycles. The lowest BCUT2D eigenvalue weighted by molar-refractivity contribution is -0.870. The molecule has 0 aromatic rings. The molecule has 0 saturated carbocycles. The van der Waals surface area contributed by atoms with Crippen LogP contribution in [0.25, 0.3) is 0 Å². The molecule has 9 heteroatoms. The summed E-state index contributed by atoms with van der Waals surface area (Å²) in [6.45, 7) is 5.32. The summed E-state index contributed by atoms with van der Waals surface area (Å²) >= 11 is 0. The van der Waals surface area contributed by atoms with E-state index in [1.54, 1.807) is 0 Å². The minimum absolute atomic E-state index is 0.0237. The fourth-order valence-corrected chi connectivity index (χ4v) is 9.25. The van der Waals surface area contributed by atoms with Crippen LogP contribution in [0.5, 0.6) is 0 Å². The summed E-state index contributed by atoms with van der Waals surface area (Å²) in [5.74, 6) is -0.333. The Bertz CT molecular complexity index is 1320. The number of carbonyl (C=O) groups is 1. The first-order chi connectivity index (χ1) is 34.6. The van der Waals surface area contributed by atoms with E-state index in [1.807, 2.05) is 21.1 Å². The second-order valence-electron chi connectivity index (χ2n) is 21.3. The van der Waals surface area contributed by atoms with E-state index in [0.29, 0.717) is 24.1 Å². The van der Waals surface area contributed by atoms with Gasteiger partial charge in [0.15, 0.2) is 0 Å². The normalized spacial score (nSPS) is 13.8. The van der Waals surface area contributed by atoms with Crippen molar-refractivity contribution in [3.8, 4) is 0 Å². The number of allylic oxidation sites excluding steroid dienone is 10. The van der Waals surface area contributed by atoms with Gasteiger partial charge in [-0.25, -0.2) is 0 Å². The number of phosphoric ester groups is 1. The minimum Gasteiger partial charge on any atom is -0.756 e. The number of ether oxygens (including phenoxy) is 2. The third-order valence-electron chi connectivity index (χ3n) is 13.1. The number of unbranched alkanes of at least 4 members (excludes halogenated alkanes) is 32. The molecule has 0 rings (SSSR count). The number of likely N-dealkylation sites (N-methyl/N-ethyl adjacent to an activating group) is 1. The first-order valence-corrected chi connectivity index (χ1v) is 31.5. The van der Waals surface area contributed by atoms with Gasteiger partial charge < -0.3 is 27.9 Å². The molecule has 8 nitrogen and oxygen atoms in total. The van der Waals surface area contributed by atoms with Crippen molar-refractivity contribution in [1.29, 1.82) is 0 Å². The quantitative estimate of drug-likeness (QED) is 0.0197. The SMILES string of the molecule is CC/C=C\C/C=C\C/C=C\C/C=C\C/C=C\CCCCCCCCCCOCC(COP(=O)([O-])OCC[N+](C)(C)C)OC(=O)CCCCCCCCCCCCCCCCCCCCCCCCCCC.